The number of carboxylic acids is 1. The molecule has 1 atom stereocenters. The highest BCUT2D eigenvalue weighted by Gasteiger charge is 2.18. The number of carboxylic acid groups (broad SMARTS) is 1. The number of para-hydroxylation sites is 1. The van der Waals surface area contributed by atoms with E-state index in [0.717, 1.165) is 0 Å². The van der Waals surface area contributed by atoms with E-state index in [1.807, 2.05) is 0 Å². The maximum absolute atomic E-state index is 13.4. The van der Waals surface area contributed by atoms with Crippen LogP contribution >= 0.6 is 0 Å². The molecule has 0 radical (unpaired) electrons. The van der Waals surface area contributed by atoms with E-state index in [-0.39, 0.29) is 12.2 Å². The number of ether oxygens (including phenoxy) is 1. The van der Waals surface area contributed by atoms with Crippen molar-refractivity contribution in [3.63, 3.8) is 0 Å². The summed E-state index contributed by atoms with van der Waals surface area (Å²) in [6.45, 7) is -0.399. The maximum Gasteiger partial charge on any atom is 0.305 e. The Hall–Kier alpha value is -2.89. The number of carbonyl (C=O) groups excluding carboxylic acids is 1. The zero-order chi connectivity index (χ0) is 16.7. The summed E-state index contributed by atoms with van der Waals surface area (Å²) >= 11 is 0. The molecule has 1 amide bonds. The third-order valence-electron chi connectivity index (χ3n) is 3.11. The minimum Gasteiger partial charge on any atom is -0.481 e. The summed E-state index contributed by atoms with van der Waals surface area (Å²) in [6, 6.07) is 13.8. The zero-order valence-electron chi connectivity index (χ0n) is 12.2. The molecular weight excluding hydrogens is 301 g/mol. The Morgan fingerprint density at radius 3 is 2.39 bits per heavy atom. The molecule has 0 heterocycles. The fourth-order valence-corrected chi connectivity index (χ4v) is 2.05. The van der Waals surface area contributed by atoms with Crippen LogP contribution in [0.5, 0.6) is 5.75 Å². The van der Waals surface area contributed by atoms with E-state index >= 15 is 0 Å². The fraction of sp³-hybridized carbons (Fsp3) is 0.176. The van der Waals surface area contributed by atoms with Gasteiger partial charge in [0.05, 0.1) is 12.5 Å². The molecule has 0 saturated carbocycles. The van der Waals surface area contributed by atoms with E-state index in [0.29, 0.717) is 5.56 Å². The largest absolute Gasteiger partial charge is 0.481 e. The molecule has 2 aromatic carbocycles. The van der Waals surface area contributed by atoms with E-state index in [9.17, 15) is 14.0 Å². The van der Waals surface area contributed by atoms with Crippen molar-refractivity contribution < 1.29 is 23.8 Å². The summed E-state index contributed by atoms with van der Waals surface area (Å²) in [5.41, 5.74) is 0.675. The number of carbonyl (C=O) groups is 2. The lowest BCUT2D eigenvalue weighted by molar-refractivity contribution is -0.137. The van der Waals surface area contributed by atoms with Gasteiger partial charge in [0, 0.05) is 0 Å². The van der Waals surface area contributed by atoms with Gasteiger partial charge in [0.1, 0.15) is 0 Å². The van der Waals surface area contributed by atoms with Crippen molar-refractivity contribution in [1.29, 1.82) is 0 Å². The molecule has 0 aromatic heterocycles. The van der Waals surface area contributed by atoms with Crippen LogP contribution in [0.1, 0.15) is 18.0 Å². The number of rotatable bonds is 7. The fourth-order valence-electron chi connectivity index (χ4n) is 2.05. The molecule has 0 fully saturated rings. The van der Waals surface area contributed by atoms with Crippen LogP contribution in [-0.4, -0.2) is 23.6 Å². The monoisotopic (exact) mass is 317 g/mol. The van der Waals surface area contributed by atoms with Crippen LogP contribution in [0.15, 0.2) is 54.6 Å². The Balaban J connectivity index is 1.98. The molecule has 2 rings (SSSR count). The van der Waals surface area contributed by atoms with Crippen molar-refractivity contribution in [2.24, 2.45) is 0 Å². The van der Waals surface area contributed by atoms with Crippen molar-refractivity contribution in [1.82, 2.24) is 5.32 Å². The zero-order valence-corrected chi connectivity index (χ0v) is 12.2. The van der Waals surface area contributed by atoms with Crippen LogP contribution < -0.4 is 10.1 Å². The molecule has 0 aliphatic carbocycles. The molecule has 2 N–H and O–H groups in total. The van der Waals surface area contributed by atoms with Crippen molar-refractivity contribution in [3.05, 3.63) is 66.0 Å². The smallest absolute Gasteiger partial charge is 0.305 e. The minimum absolute atomic E-state index is 0.0304. The molecule has 5 nitrogen and oxygen atoms in total. The van der Waals surface area contributed by atoms with Crippen molar-refractivity contribution >= 4 is 11.9 Å². The van der Waals surface area contributed by atoms with Crippen LogP contribution in [0, 0.1) is 5.82 Å². The lowest BCUT2D eigenvalue weighted by Crippen LogP contribution is -2.33. The molecule has 0 aliphatic heterocycles. The van der Waals surface area contributed by atoms with E-state index in [1.54, 1.807) is 36.4 Å². The number of benzene rings is 2. The van der Waals surface area contributed by atoms with Gasteiger partial charge >= 0.3 is 5.97 Å². The lowest BCUT2D eigenvalue weighted by Gasteiger charge is -2.17. The minimum atomic E-state index is -1.03. The topological polar surface area (TPSA) is 75.6 Å². The maximum atomic E-state index is 13.4. The highest BCUT2D eigenvalue weighted by molar-refractivity contribution is 5.79. The number of nitrogens with one attached hydrogen (secondary N) is 1. The van der Waals surface area contributed by atoms with E-state index < -0.39 is 30.3 Å². The Morgan fingerprint density at radius 2 is 1.74 bits per heavy atom. The van der Waals surface area contributed by atoms with Crippen molar-refractivity contribution in [2.75, 3.05) is 6.61 Å². The summed E-state index contributed by atoms with van der Waals surface area (Å²) in [5, 5.41) is 11.6. The highest BCUT2D eigenvalue weighted by atomic mass is 19.1. The van der Waals surface area contributed by atoms with E-state index in [4.69, 9.17) is 9.84 Å². The Morgan fingerprint density at radius 1 is 1.09 bits per heavy atom. The van der Waals surface area contributed by atoms with Crippen LogP contribution in [0.25, 0.3) is 0 Å². The lowest BCUT2D eigenvalue weighted by atomic mass is 10.0. The quantitative estimate of drug-likeness (QED) is 0.823. The molecule has 6 heteroatoms. The Labute approximate surface area is 132 Å². The molecular formula is C17H16FNO4. The standard InChI is InChI=1S/C17H16FNO4/c18-13-8-4-5-9-15(13)23-11-16(20)19-14(10-17(21)22)12-6-2-1-3-7-12/h1-9,14H,10-11H2,(H,19,20)(H,21,22). The van der Waals surface area contributed by atoms with Gasteiger partial charge in [0.15, 0.2) is 18.2 Å². The van der Waals surface area contributed by atoms with Gasteiger partial charge in [-0.3, -0.25) is 9.59 Å². The first kappa shape index (κ1) is 16.5. The summed E-state index contributed by atoms with van der Waals surface area (Å²) in [5.74, 6) is -2.15. The summed E-state index contributed by atoms with van der Waals surface area (Å²) in [7, 11) is 0. The SMILES string of the molecule is O=C(O)CC(NC(=O)COc1ccccc1F)c1ccccc1. The molecule has 1 unspecified atom stereocenters. The highest BCUT2D eigenvalue weighted by Crippen LogP contribution is 2.17. The normalized spacial score (nSPS) is 11.5. The second-order valence-electron chi connectivity index (χ2n) is 4.85. The summed E-state index contributed by atoms with van der Waals surface area (Å²) in [4.78, 5) is 22.9. The second kappa shape index (κ2) is 7.93. The molecule has 2 aromatic rings. The molecule has 0 spiro atoms. The second-order valence-corrected chi connectivity index (χ2v) is 4.85. The van der Waals surface area contributed by atoms with Gasteiger partial charge in [0.2, 0.25) is 0 Å². The molecule has 23 heavy (non-hydrogen) atoms. The third-order valence-corrected chi connectivity index (χ3v) is 3.11. The summed E-state index contributed by atoms with van der Waals surface area (Å²) < 4.78 is 18.5. The Bertz CT molecular complexity index is 675. The van der Waals surface area contributed by atoms with Crippen LogP contribution in [0.2, 0.25) is 0 Å². The van der Waals surface area contributed by atoms with Gasteiger partial charge in [-0.15, -0.1) is 0 Å². The number of aliphatic carboxylic acids is 1. The molecule has 0 bridgehead atoms. The molecule has 120 valence electrons. The first-order valence-corrected chi connectivity index (χ1v) is 6.99. The van der Waals surface area contributed by atoms with E-state index in [1.165, 1.54) is 18.2 Å². The first-order chi connectivity index (χ1) is 11.1. The predicted molar refractivity (Wildman–Crippen MR) is 81.5 cm³/mol. The van der Waals surface area contributed by atoms with Gasteiger partial charge in [-0.1, -0.05) is 42.5 Å². The van der Waals surface area contributed by atoms with Crippen molar-refractivity contribution in [2.45, 2.75) is 12.5 Å². The third kappa shape index (κ3) is 5.10. The van der Waals surface area contributed by atoms with E-state index in [2.05, 4.69) is 5.32 Å². The van der Waals surface area contributed by atoms with Crippen LogP contribution in [0.4, 0.5) is 4.39 Å². The molecule has 0 saturated heterocycles. The average molecular weight is 317 g/mol. The number of amides is 1. The van der Waals surface area contributed by atoms with Gasteiger partial charge in [0.25, 0.3) is 5.91 Å². The van der Waals surface area contributed by atoms with Crippen molar-refractivity contribution in [3.8, 4) is 5.75 Å². The first-order valence-electron chi connectivity index (χ1n) is 6.99. The van der Waals surface area contributed by atoms with Crippen LogP contribution in [0.3, 0.4) is 0 Å². The average Bonchev–Trinajstić information content (AvgIpc) is 2.54. The number of hydrogen-bond acceptors (Lipinski definition) is 3. The Kier molecular flexibility index (Phi) is 5.68. The van der Waals surface area contributed by atoms with Gasteiger partial charge in [-0.25, -0.2) is 4.39 Å². The molecule has 0 aliphatic rings. The van der Waals surface area contributed by atoms with Gasteiger partial charge in [-0.2, -0.15) is 0 Å². The predicted octanol–water partition coefficient (Wildman–Crippen LogP) is 2.54. The number of halogens is 1. The van der Waals surface area contributed by atoms with Gasteiger partial charge in [-0.05, 0) is 17.7 Å². The summed E-state index contributed by atoms with van der Waals surface area (Å²) in [6.07, 6.45) is -0.255. The van der Waals surface area contributed by atoms with Crippen LogP contribution in [-0.2, 0) is 9.59 Å². The number of hydrogen-bond donors (Lipinski definition) is 2. The van der Waals surface area contributed by atoms with Gasteiger partial charge < -0.3 is 15.2 Å².